The van der Waals surface area contributed by atoms with Gasteiger partial charge in [0.25, 0.3) is 0 Å². The van der Waals surface area contributed by atoms with Gasteiger partial charge in [0.2, 0.25) is 0 Å². The maximum Gasteiger partial charge on any atom is 0.123 e. The molecule has 2 nitrogen and oxygen atoms in total. The summed E-state index contributed by atoms with van der Waals surface area (Å²) in [5, 5.41) is 0. The Bertz CT molecular complexity index is 777. The number of benzene rings is 2. The van der Waals surface area contributed by atoms with E-state index in [9.17, 15) is 4.39 Å². The van der Waals surface area contributed by atoms with Gasteiger partial charge in [-0.05, 0) is 103 Å². The molecule has 0 aromatic heterocycles. The van der Waals surface area contributed by atoms with Crippen LogP contribution in [0.1, 0.15) is 125 Å². The standard InChI is InChI=1S/C11H14.C8H9F.C7H17N.C5H10.C3H8.2C2H6.CH5N/c1-9(2)7-11-6-4-5-10(3)8-11;1-2-7-4-3-5-8(9)6-7;1-4-6-8(3)7-5-2;1-4-5(2)3;1-3-2;3*1-2/h4-6,8H,1,7H2,2-3H3;3-6H,2H2,1H3;4-7H2,1-3H3;2,4H2,1,3H3;3H2,1-2H3;2*1-2H3;2H2,1H3. The van der Waals surface area contributed by atoms with Crippen LogP contribution in [0.5, 0.6) is 0 Å². The molecule has 0 bridgehead atoms. The molecule has 0 saturated carbocycles. The summed E-state index contributed by atoms with van der Waals surface area (Å²) in [5.74, 6) is -0.144. The maximum atomic E-state index is 12.4. The lowest BCUT2D eigenvalue weighted by Crippen LogP contribution is -2.19. The van der Waals surface area contributed by atoms with E-state index in [1.807, 2.05) is 47.6 Å². The zero-order valence-electron chi connectivity index (χ0n) is 31.1. The van der Waals surface area contributed by atoms with Crippen LogP contribution in [-0.4, -0.2) is 32.1 Å². The van der Waals surface area contributed by atoms with Crippen LogP contribution in [0, 0.1) is 12.7 Å². The fraction of sp³-hybridized carbons (Fsp3) is 0.590. The average molecular weight is 591 g/mol. The second-order valence-corrected chi connectivity index (χ2v) is 9.43. The highest BCUT2D eigenvalue weighted by atomic mass is 19.1. The second kappa shape index (κ2) is 45.7. The van der Waals surface area contributed by atoms with E-state index in [0.717, 1.165) is 24.8 Å². The largest absolute Gasteiger partial charge is 0.333 e. The van der Waals surface area contributed by atoms with Crippen molar-refractivity contribution in [2.45, 2.75) is 129 Å². The molecule has 42 heavy (non-hydrogen) atoms. The van der Waals surface area contributed by atoms with E-state index >= 15 is 0 Å². The van der Waals surface area contributed by atoms with Crippen LogP contribution in [0.25, 0.3) is 0 Å². The van der Waals surface area contributed by atoms with Crippen molar-refractivity contribution in [2.24, 2.45) is 5.73 Å². The first-order chi connectivity index (χ1) is 20.0. The lowest BCUT2D eigenvalue weighted by Gasteiger charge is -2.12. The fourth-order valence-corrected chi connectivity index (χ4v) is 2.80. The van der Waals surface area contributed by atoms with E-state index in [0.29, 0.717) is 0 Å². The highest BCUT2D eigenvalue weighted by Crippen LogP contribution is 2.08. The van der Waals surface area contributed by atoms with Crippen molar-refractivity contribution in [3.05, 3.63) is 95.3 Å². The fourth-order valence-electron chi connectivity index (χ4n) is 2.80. The number of hydrogen-bond acceptors (Lipinski definition) is 2. The predicted molar refractivity (Wildman–Crippen MR) is 197 cm³/mol. The quantitative estimate of drug-likeness (QED) is 0.310. The topological polar surface area (TPSA) is 29.3 Å². The summed E-state index contributed by atoms with van der Waals surface area (Å²) in [6.45, 7) is 37.0. The molecule has 0 heterocycles. The normalized spacial score (nSPS) is 8.33. The highest BCUT2D eigenvalue weighted by molar-refractivity contribution is 5.25. The van der Waals surface area contributed by atoms with Crippen molar-refractivity contribution in [3.63, 3.8) is 0 Å². The molecule has 0 atom stereocenters. The molecule has 248 valence electrons. The second-order valence-electron chi connectivity index (χ2n) is 9.43. The molecule has 3 heteroatoms. The number of nitrogens with zero attached hydrogens (tertiary/aromatic N) is 1. The Morgan fingerprint density at radius 3 is 1.43 bits per heavy atom. The minimum Gasteiger partial charge on any atom is -0.333 e. The Morgan fingerprint density at radius 2 is 1.14 bits per heavy atom. The van der Waals surface area contributed by atoms with E-state index in [2.05, 4.69) is 104 Å². The Labute approximate surface area is 265 Å². The number of halogens is 1. The molecule has 0 aliphatic carbocycles. The van der Waals surface area contributed by atoms with Crippen molar-refractivity contribution in [2.75, 3.05) is 27.2 Å². The van der Waals surface area contributed by atoms with Crippen molar-refractivity contribution in [1.29, 1.82) is 0 Å². The van der Waals surface area contributed by atoms with Gasteiger partial charge in [0, 0.05) is 0 Å². The van der Waals surface area contributed by atoms with Crippen LogP contribution >= 0.6 is 0 Å². The summed E-state index contributed by atoms with van der Waals surface area (Å²) in [6, 6.07) is 15.2. The molecule has 2 aromatic carbocycles. The molecule has 0 unspecified atom stereocenters. The summed E-state index contributed by atoms with van der Waals surface area (Å²) < 4.78 is 12.4. The Morgan fingerprint density at radius 1 is 0.738 bits per heavy atom. The minimum absolute atomic E-state index is 0.144. The number of allylic oxidation sites excluding steroid dienone is 2. The predicted octanol–water partition coefficient (Wildman–Crippen LogP) is 12.3. The Kier molecular flexibility index (Phi) is 57.1. The SMILES string of the molecule is C=C(C)CC.C=C(C)Cc1cccc(C)c1.CC.CC.CCC.CCCN(C)CCC.CCc1cccc(F)c1.CN. The van der Waals surface area contributed by atoms with Gasteiger partial charge >= 0.3 is 0 Å². The monoisotopic (exact) mass is 591 g/mol. The minimum atomic E-state index is -0.144. The Hall–Kier alpha value is -2.23. The number of aryl methyl sites for hydroxylation is 2. The molecule has 2 rings (SSSR count). The molecular formula is C39H75FN2. The molecule has 0 saturated heterocycles. The van der Waals surface area contributed by atoms with Crippen LogP contribution in [0.2, 0.25) is 0 Å². The first kappa shape index (κ1) is 52.4. The lowest BCUT2D eigenvalue weighted by atomic mass is 10.1. The van der Waals surface area contributed by atoms with Crippen LogP contribution in [-0.2, 0) is 12.8 Å². The molecule has 0 amide bonds. The first-order valence-corrected chi connectivity index (χ1v) is 16.4. The summed E-state index contributed by atoms with van der Waals surface area (Å²) >= 11 is 0. The third-order valence-corrected chi connectivity index (χ3v) is 4.70. The number of rotatable bonds is 8. The summed E-state index contributed by atoms with van der Waals surface area (Å²) in [7, 11) is 3.67. The maximum absolute atomic E-state index is 12.4. The van der Waals surface area contributed by atoms with Gasteiger partial charge in [0.05, 0.1) is 0 Å². The van der Waals surface area contributed by atoms with Gasteiger partial charge in [-0.2, -0.15) is 0 Å². The third-order valence-electron chi connectivity index (χ3n) is 4.70. The molecule has 2 aromatic rings. The zero-order chi connectivity index (χ0) is 34.4. The van der Waals surface area contributed by atoms with Crippen LogP contribution in [0.15, 0.2) is 72.8 Å². The highest BCUT2D eigenvalue weighted by Gasteiger charge is 1.92. The average Bonchev–Trinajstić information content (AvgIpc) is 2.97. The molecule has 0 aliphatic rings. The third kappa shape index (κ3) is 50.6. The smallest absolute Gasteiger partial charge is 0.123 e. The van der Waals surface area contributed by atoms with Gasteiger partial charge in [-0.3, -0.25) is 0 Å². The van der Waals surface area contributed by atoms with Gasteiger partial charge in [0.15, 0.2) is 0 Å². The lowest BCUT2D eigenvalue weighted by molar-refractivity contribution is 0.335. The molecular weight excluding hydrogens is 515 g/mol. The molecule has 0 aliphatic heterocycles. The van der Waals surface area contributed by atoms with Crippen molar-refractivity contribution < 1.29 is 4.39 Å². The Balaban J connectivity index is -0.0000000961. The summed E-state index contributed by atoms with van der Waals surface area (Å²) in [5.41, 5.74) is 10.7. The number of nitrogens with two attached hydrogens (primary N) is 1. The van der Waals surface area contributed by atoms with E-state index < -0.39 is 0 Å². The molecule has 0 spiro atoms. The van der Waals surface area contributed by atoms with E-state index in [1.165, 1.54) is 67.7 Å². The van der Waals surface area contributed by atoms with Gasteiger partial charge < -0.3 is 10.6 Å². The van der Waals surface area contributed by atoms with E-state index in [-0.39, 0.29) is 5.82 Å². The van der Waals surface area contributed by atoms with Crippen molar-refractivity contribution >= 4 is 0 Å². The summed E-state index contributed by atoms with van der Waals surface area (Å²) in [4.78, 5) is 2.36. The van der Waals surface area contributed by atoms with E-state index in [1.54, 1.807) is 12.1 Å². The van der Waals surface area contributed by atoms with Crippen LogP contribution in [0.3, 0.4) is 0 Å². The number of hydrogen-bond donors (Lipinski definition) is 1. The van der Waals surface area contributed by atoms with Gasteiger partial charge in [0.1, 0.15) is 5.82 Å². The first-order valence-electron chi connectivity index (χ1n) is 16.4. The van der Waals surface area contributed by atoms with Crippen molar-refractivity contribution in [3.8, 4) is 0 Å². The van der Waals surface area contributed by atoms with Gasteiger partial charge in [-0.1, -0.05) is 135 Å². The molecule has 0 radical (unpaired) electrons. The molecule has 2 N–H and O–H groups in total. The van der Waals surface area contributed by atoms with E-state index in [4.69, 9.17) is 0 Å². The molecule has 0 fully saturated rings. The van der Waals surface area contributed by atoms with Crippen LogP contribution in [0.4, 0.5) is 4.39 Å². The van der Waals surface area contributed by atoms with Gasteiger partial charge in [-0.25, -0.2) is 4.39 Å². The summed E-state index contributed by atoms with van der Waals surface area (Å²) in [6.07, 6.45) is 6.81. The van der Waals surface area contributed by atoms with Crippen molar-refractivity contribution in [1.82, 2.24) is 4.90 Å². The van der Waals surface area contributed by atoms with Crippen LogP contribution < -0.4 is 5.73 Å². The zero-order valence-corrected chi connectivity index (χ0v) is 31.1. The van der Waals surface area contributed by atoms with Gasteiger partial charge in [-0.15, -0.1) is 6.58 Å².